The number of hydrogen-bond acceptors (Lipinski definition) is 5. The van der Waals surface area contributed by atoms with E-state index in [1.54, 1.807) is 30.0 Å². The van der Waals surface area contributed by atoms with Gasteiger partial charge in [-0.25, -0.2) is 4.39 Å². The van der Waals surface area contributed by atoms with Crippen LogP contribution in [0.2, 0.25) is 0 Å². The predicted molar refractivity (Wildman–Crippen MR) is 144 cm³/mol. The zero-order valence-electron chi connectivity index (χ0n) is 20.2. The number of carbonyl (C=O) groups is 2. The van der Waals surface area contributed by atoms with Crippen molar-refractivity contribution < 1.29 is 14.0 Å². The summed E-state index contributed by atoms with van der Waals surface area (Å²) in [5.74, 6) is 1.11. The predicted octanol–water partition coefficient (Wildman–Crippen LogP) is 4.76. The Morgan fingerprint density at radius 1 is 1.00 bits per heavy atom. The molecule has 8 heteroatoms. The standard InChI is InChI=1S/C28H29FN4O2S/c1-19-4-2-3-5-21(19)17-36-18-26-27(34)31-25-16-20(6-11-24(25)30-26)28(35)33-14-12-32(13-15-33)23-9-7-22(29)8-10-23/h2-11,16,26,30H,12-15,17-18H2,1H3,(H,31,34). The highest BCUT2D eigenvalue weighted by Gasteiger charge is 2.28. The maximum Gasteiger partial charge on any atom is 0.254 e. The van der Waals surface area contributed by atoms with Crippen molar-refractivity contribution in [2.75, 3.05) is 47.5 Å². The molecule has 0 radical (unpaired) electrons. The molecule has 0 aromatic heterocycles. The third-order valence-electron chi connectivity index (χ3n) is 6.73. The van der Waals surface area contributed by atoms with Gasteiger partial charge in [-0.3, -0.25) is 9.59 Å². The molecule has 36 heavy (non-hydrogen) atoms. The summed E-state index contributed by atoms with van der Waals surface area (Å²) >= 11 is 1.72. The van der Waals surface area contributed by atoms with Gasteiger partial charge in [0.05, 0.1) is 11.4 Å². The molecule has 3 aromatic carbocycles. The zero-order chi connectivity index (χ0) is 25.1. The highest BCUT2D eigenvalue weighted by atomic mass is 32.2. The summed E-state index contributed by atoms with van der Waals surface area (Å²) < 4.78 is 13.2. The van der Waals surface area contributed by atoms with Crippen LogP contribution >= 0.6 is 11.8 Å². The summed E-state index contributed by atoms with van der Waals surface area (Å²) in [5, 5.41) is 6.31. The molecule has 2 aliphatic heterocycles. The van der Waals surface area contributed by atoms with E-state index in [0.29, 0.717) is 43.2 Å². The largest absolute Gasteiger partial charge is 0.371 e. The number of hydrogen-bond donors (Lipinski definition) is 2. The van der Waals surface area contributed by atoms with Crippen molar-refractivity contribution in [2.24, 2.45) is 0 Å². The second kappa shape index (κ2) is 10.6. The molecule has 186 valence electrons. The quantitative estimate of drug-likeness (QED) is 0.507. The van der Waals surface area contributed by atoms with E-state index in [2.05, 4.69) is 34.6 Å². The van der Waals surface area contributed by atoms with Crippen LogP contribution in [0.5, 0.6) is 0 Å². The van der Waals surface area contributed by atoms with Crippen LogP contribution in [0.4, 0.5) is 21.5 Å². The fourth-order valence-corrected chi connectivity index (χ4v) is 5.69. The molecule has 0 spiro atoms. The normalized spacial score (nSPS) is 17.3. The van der Waals surface area contributed by atoms with Crippen LogP contribution < -0.4 is 15.5 Å². The topological polar surface area (TPSA) is 64.7 Å². The van der Waals surface area contributed by atoms with Gasteiger partial charge in [0.2, 0.25) is 5.91 Å². The summed E-state index contributed by atoms with van der Waals surface area (Å²) in [7, 11) is 0. The van der Waals surface area contributed by atoms with Gasteiger partial charge in [0.15, 0.2) is 0 Å². The summed E-state index contributed by atoms with van der Waals surface area (Å²) in [4.78, 5) is 29.8. The van der Waals surface area contributed by atoms with E-state index in [4.69, 9.17) is 0 Å². The number of halogens is 1. The lowest BCUT2D eigenvalue weighted by Crippen LogP contribution is -2.48. The van der Waals surface area contributed by atoms with Crippen LogP contribution in [0, 0.1) is 12.7 Å². The van der Waals surface area contributed by atoms with E-state index in [1.165, 1.54) is 23.3 Å². The molecule has 5 rings (SSSR count). The smallest absolute Gasteiger partial charge is 0.254 e. The van der Waals surface area contributed by atoms with Crippen molar-refractivity contribution >= 4 is 40.6 Å². The van der Waals surface area contributed by atoms with Crippen LogP contribution in [0.25, 0.3) is 0 Å². The lowest BCUT2D eigenvalue weighted by Gasteiger charge is -2.36. The molecule has 1 fully saturated rings. The third-order valence-corrected chi connectivity index (χ3v) is 7.82. The SMILES string of the molecule is Cc1ccccc1CSCC1Nc2ccc(C(=O)N3CCN(c4ccc(F)cc4)CC3)cc2NC1=O. The van der Waals surface area contributed by atoms with Gasteiger partial charge in [-0.2, -0.15) is 11.8 Å². The Kier molecular flexibility index (Phi) is 7.13. The average molecular weight is 505 g/mol. The summed E-state index contributed by atoms with van der Waals surface area (Å²) in [5.41, 5.74) is 5.51. The Balaban J connectivity index is 1.17. The van der Waals surface area contributed by atoms with Crippen molar-refractivity contribution in [3.8, 4) is 0 Å². The van der Waals surface area contributed by atoms with E-state index >= 15 is 0 Å². The summed E-state index contributed by atoms with van der Waals surface area (Å²) in [6.45, 7) is 4.63. The second-order valence-corrected chi connectivity index (χ2v) is 10.2. The van der Waals surface area contributed by atoms with Gasteiger partial charge >= 0.3 is 0 Å². The fraction of sp³-hybridized carbons (Fsp3) is 0.286. The first kappa shape index (κ1) is 24.2. The first-order valence-electron chi connectivity index (χ1n) is 12.1. The molecule has 2 N–H and O–H groups in total. The number of benzene rings is 3. The number of aryl methyl sites for hydroxylation is 1. The van der Waals surface area contributed by atoms with E-state index in [1.807, 2.05) is 29.2 Å². The molecule has 1 atom stereocenters. The van der Waals surface area contributed by atoms with Crippen molar-refractivity contribution in [3.05, 3.63) is 89.2 Å². The first-order chi connectivity index (χ1) is 17.5. The molecule has 3 aromatic rings. The van der Waals surface area contributed by atoms with E-state index < -0.39 is 0 Å². The Morgan fingerprint density at radius 2 is 1.75 bits per heavy atom. The Hall–Kier alpha value is -3.52. The lowest BCUT2D eigenvalue weighted by atomic mass is 10.1. The third kappa shape index (κ3) is 5.33. The average Bonchev–Trinajstić information content (AvgIpc) is 2.90. The molecule has 1 saturated heterocycles. The number of anilines is 3. The van der Waals surface area contributed by atoms with Gasteiger partial charge in [-0.1, -0.05) is 24.3 Å². The number of piperazine rings is 1. The lowest BCUT2D eigenvalue weighted by molar-refractivity contribution is -0.116. The van der Waals surface area contributed by atoms with Crippen LogP contribution in [0.15, 0.2) is 66.7 Å². The van der Waals surface area contributed by atoms with Crippen molar-refractivity contribution in [2.45, 2.75) is 18.7 Å². The minimum Gasteiger partial charge on any atom is -0.371 e. The van der Waals surface area contributed by atoms with Crippen LogP contribution in [-0.2, 0) is 10.5 Å². The van der Waals surface area contributed by atoms with Crippen molar-refractivity contribution in [1.82, 2.24) is 4.90 Å². The van der Waals surface area contributed by atoms with Gasteiger partial charge < -0.3 is 20.4 Å². The van der Waals surface area contributed by atoms with Crippen molar-refractivity contribution in [1.29, 1.82) is 0 Å². The maximum absolute atomic E-state index is 13.2. The van der Waals surface area contributed by atoms with Gasteiger partial charge in [0.1, 0.15) is 11.9 Å². The molecule has 0 aliphatic carbocycles. The Labute approximate surface area is 214 Å². The zero-order valence-corrected chi connectivity index (χ0v) is 21.0. The van der Waals surface area contributed by atoms with Crippen molar-refractivity contribution in [3.63, 3.8) is 0 Å². The number of fused-ring (bicyclic) bond motifs is 1. The first-order valence-corrected chi connectivity index (χ1v) is 13.3. The monoisotopic (exact) mass is 504 g/mol. The van der Waals surface area contributed by atoms with Crippen LogP contribution in [0.3, 0.4) is 0 Å². The number of carbonyl (C=O) groups excluding carboxylic acids is 2. The molecule has 6 nitrogen and oxygen atoms in total. The molecule has 0 bridgehead atoms. The van der Waals surface area contributed by atoms with E-state index in [-0.39, 0.29) is 23.7 Å². The number of thioether (sulfide) groups is 1. The van der Waals surface area contributed by atoms with E-state index in [9.17, 15) is 14.0 Å². The number of rotatable bonds is 6. The summed E-state index contributed by atoms with van der Waals surface area (Å²) in [6.07, 6.45) is 0. The fourth-order valence-electron chi connectivity index (χ4n) is 4.56. The second-order valence-electron chi connectivity index (χ2n) is 9.14. The minimum atomic E-state index is -0.326. The van der Waals surface area contributed by atoms with Gasteiger partial charge in [0, 0.05) is 48.9 Å². The number of amides is 2. The maximum atomic E-state index is 13.2. The molecule has 2 amide bonds. The highest BCUT2D eigenvalue weighted by molar-refractivity contribution is 7.98. The van der Waals surface area contributed by atoms with E-state index in [0.717, 1.165) is 17.1 Å². The number of nitrogens with zero attached hydrogens (tertiary/aromatic N) is 2. The van der Waals surface area contributed by atoms with Crippen LogP contribution in [0.1, 0.15) is 21.5 Å². The molecular weight excluding hydrogens is 475 g/mol. The van der Waals surface area contributed by atoms with Crippen LogP contribution in [-0.4, -0.2) is 54.7 Å². The Bertz CT molecular complexity index is 1260. The van der Waals surface area contributed by atoms with Gasteiger partial charge in [-0.15, -0.1) is 0 Å². The minimum absolute atomic E-state index is 0.0540. The molecule has 1 unspecified atom stereocenters. The number of nitrogens with one attached hydrogen (secondary N) is 2. The molecule has 2 aliphatic rings. The highest BCUT2D eigenvalue weighted by Crippen LogP contribution is 2.30. The molecule has 2 heterocycles. The molecule has 0 saturated carbocycles. The Morgan fingerprint density at radius 3 is 2.50 bits per heavy atom. The van der Waals surface area contributed by atoms with Gasteiger partial charge in [0.25, 0.3) is 5.91 Å². The molecular formula is C28H29FN4O2S. The summed E-state index contributed by atoms with van der Waals surface area (Å²) in [6, 6.07) is 19.8. The van der Waals surface area contributed by atoms with Gasteiger partial charge in [-0.05, 0) is 60.5 Å².